The smallest absolute Gasteiger partial charge is 0.0234 e. The standard InChI is InChI=1S/C16H19P/c1-13(17)16(2,14-9-5-3-6-10-14)15-11-7-4-8-12-15/h3-13H,17H2,1-2H3. The summed E-state index contributed by atoms with van der Waals surface area (Å²) in [6, 6.07) is 21.5. The summed E-state index contributed by atoms with van der Waals surface area (Å²) in [6.07, 6.45) is 0. The maximum Gasteiger partial charge on any atom is 0.0234 e. The largest absolute Gasteiger partial charge is 0.133 e. The van der Waals surface area contributed by atoms with Crippen LogP contribution in [0, 0.1) is 0 Å². The Labute approximate surface area is 106 Å². The maximum atomic E-state index is 2.95. The van der Waals surface area contributed by atoms with Gasteiger partial charge >= 0.3 is 0 Å². The van der Waals surface area contributed by atoms with Gasteiger partial charge in [-0.1, -0.05) is 74.5 Å². The molecule has 2 aromatic carbocycles. The molecule has 0 amide bonds. The van der Waals surface area contributed by atoms with Gasteiger partial charge < -0.3 is 0 Å². The average Bonchev–Trinajstić information content (AvgIpc) is 2.39. The van der Waals surface area contributed by atoms with Crippen LogP contribution < -0.4 is 0 Å². The normalized spacial score (nSPS) is 13.4. The molecule has 0 saturated carbocycles. The van der Waals surface area contributed by atoms with E-state index in [9.17, 15) is 0 Å². The lowest BCUT2D eigenvalue weighted by Gasteiger charge is -2.35. The number of hydrogen-bond acceptors (Lipinski definition) is 0. The topological polar surface area (TPSA) is 0 Å². The van der Waals surface area contributed by atoms with Crippen molar-refractivity contribution in [1.82, 2.24) is 0 Å². The van der Waals surface area contributed by atoms with Crippen molar-refractivity contribution < 1.29 is 0 Å². The molecular weight excluding hydrogens is 223 g/mol. The lowest BCUT2D eigenvalue weighted by molar-refractivity contribution is 0.564. The SMILES string of the molecule is CC(P)C(C)(c1ccccc1)c1ccccc1. The van der Waals surface area contributed by atoms with Gasteiger partial charge in [-0.15, -0.1) is 9.24 Å². The maximum absolute atomic E-state index is 2.95. The summed E-state index contributed by atoms with van der Waals surface area (Å²) < 4.78 is 0. The number of hydrogen-bond donors (Lipinski definition) is 0. The Hall–Kier alpha value is -1.13. The van der Waals surface area contributed by atoms with Gasteiger partial charge in [0.05, 0.1) is 0 Å². The van der Waals surface area contributed by atoms with Gasteiger partial charge in [0.2, 0.25) is 0 Å². The van der Waals surface area contributed by atoms with Gasteiger partial charge in [0.25, 0.3) is 0 Å². The lowest BCUT2D eigenvalue weighted by Crippen LogP contribution is -2.32. The second-order valence-corrected chi connectivity index (χ2v) is 5.72. The minimum absolute atomic E-state index is 0.0488. The minimum Gasteiger partial charge on any atom is -0.133 e. The molecule has 2 unspecified atom stereocenters. The molecule has 0 bridgehead atoms. The van der Waals surface area contributed by atoms with Crippen LogP contribution >= 0.6 is 9.24 Å². The van der Waals surface area contributed by atoms with Gasteiger partial charge in [-0.25, -0.2) is 0 Å². The van der Waals surface area contributed by atoms with Crippen LogP contribution in [0.2, 0.25) is 0 Å². The Kier molecular flexibility index (Phi) is 3.64. The number of rotatable bonds is 3. The molecule has 0 spiro atoms. The molecule has 0 saturated heterocycles. The molecule has 2 atom stereocenters. The molecule has 0 aromatic heterocycles. The molecule has 1 heteroatoms. The molecule has 17 heavy (non-hydrogen) atoms. The molecule has 0 N–H and O–H groups in total. The van der Waals surface area contributed by atoms with E-state index in [2.05, 4.69) is 83.8 Å². The molecule has 0 heterocycles. The summed E-state index contributed by atoms with van der Waals surface area (Å²) in [5.74, 6) is 0. The Morgan fingerprint density at radius 3 is 1.47 bits per heavy atom. The van der Waals surface area contributed by atoms with Gasteiger partial charge in [0.15, 0.2) is 0 Å². The van der Waals surface area contributed by atoms with Crippen molar-refractivity contribution in [3.05, 3.63) is 71.8 Å². The van der Waals surface area contributed by atoms with Gasteiger partial charge in [0.1, 0.15) is 0 Å². The Morgan fingerprint density at radius 2 is 1.18 bits per heavy atom. The Bertz CT molecular complexity index is 420. The first-order valence-corrected chi connectivity index (χ1v) is 6.69. The first-order chi connectivity index (χ1) is 8.15. The summed E-state index contributed by atoms with van der Waals surface area (Å²) >= 11 is 0. The van der Waals surface area contributed by atoms with Crippen molar-refractivity contribution in [2.75, 3.05) is 0 Å². The van der Waals surface area contributed by atoms with Crippen LogP contribution in [0.15, 0.2) is 60.7 Å². The highest BCUT2D eigenvalue weighted by molar-refractivity contribution is 7.17. The molecule has 0 nitrogen and oxygen atoms in total. The van der Waals surface area contributed by atoms with Gasteiger partial charge in [-0.3, -0.25) is 0 Å². The molecule has 0 aliphatic carbocycles. The summed E-state index contributed by atoms with van der Waals surface area (Å²) in [6.45, 7) is 4.57. The van der Waals surface area contributed by atoms with Crippen molar-refractivity contribution in [2.24, 2.45) is 0 Å². The molecule has 0 radical (unpaired) electrons. The van der Waals surface area contributed by atoms with E-state index in [1.807, 2.05) is 0 Å². The summed E-state index contributed by atoms with van der Waals surface area (Å²) in [4.78, 5) is 0. The fourth-order valence-corrected chi connectivity index (χ4v) is 2.65. The second-order valence-electron chi connectivity index (χ2n) is 4.72. The third-order valence-corrected chi connectivity index (χ3v) is 4.32. The van der Waals surface area contributed by atoms with Crippen LogP contribution in [-0.4, -0.2) is 5.66 Å². The fourth-order valence-electron chi connectivity index (χ4n) is 2.26. The van der Waals surface area contributed by atoms with Crippen molar-refractivity contribution in [3.63, 3.8) is 0 Å². The molecule has 88 valence electrons. The quantitative estimate of drug-likeness (QED) is 0.706. The Morgan fingerprint density at radius 1 is 0.824 bits per heavy atom. The zero-order valence-corrected chi connectivity index (χ0v) is 11.6. The van der Waals surface area contributed by atoms with Crippen molar-refractivity contribution >= 4 is 9.24 Å². The van der Waals surface area contributed by atoms with Crippen LogP contribution in [0.4, 0.5) is 0 Å². The first-order valence-electron chi connectivity index (χ1n) is 6.02. The van der Waals surface area contributed by atoms with Crippen molar-refractivity contribution in [3.8, 4) is 0 Å². The Balaban J connectivity index is 2.55. The number of benzene rings is 2. The molecule has 2 rings (SSSR count). The van der Waals surface area contributed by atoms with Crippen molar-refractivity contribution in [1.29, 1.82) is 0 Å². The predicted octanol–water partition coefficient (Wildman–Crippen LogP) is 4.26. The molecular formula is C16H19P. The van der Waals surface area contributed by atoms with Gasteiger partial charge in [-0.2, -0.15) is 0 Å². The summed E-state index contributed by atoms with van der Waals surface area (Å²) in [5.41, 5.74) is 3.27. The van der Waals surface area contributed by atoms with E-state index in [4.69, 9.17) is 0 Å². The first kappa shape index (κ1) is 12.3. The molecule has 0 fully saturated rings. The zero-order valence-electron chi connectivity index (χ0n) is 10.4. The minimum atomic E-state index is 0.0488. The van der Waals surface area contributed by atoms with Crippen LogP contribution in [0.25, 0.3) is 0 Å². The third-order valence-electron chi connectivity index (χ3n) is 3.66. The highest BCUT2D eigenvalue weighted by Crippen LogP contribution is 2.38. The molecule has 0 aliphatic heterocycles. The van der Waals surface area contributed by atoms with E-state index in [1.165, 1.54) is 11.1 Å². The van der Waals surface area contributed by atoms with Crippen LogP contribution in [-0.2, 0) is 5.41 Å². The summed E-state index contributed by atoms with van der Waals surface area (Å²) in [7, 11) is 2.95. The van der Waals surface area contributed by atoms with E-state index >= 15 is 0 Å². The fraction of sp³-hybridized carbons (Fsp3) is 0.250. The van der Waals surface area contributed by atoms with Crippen LogP contribution in [0.5, 0.6) is 0 Å². The van der Waals surface area contributed by atoms with E-state index in [0.717, 1.165) is 0 Å². The highest BCUT2D eigenvalue weighted by Gasteiger charge is 2.32. The third kappa shape index (κ3) is 2.28. The second kappa shape index (κ2) is 5.02. The van der Waals surface area contributed by atoms with E-state index in [0.29, 0.717) is 5.66 Å². The lowest BCUT2D eigenvalue weighted by atomic mass is 9.74. The van der Waals surface area contributed by atoms with E-state index < -0.39 is 0 Å². The van der Waals surface area contributed by atoms with Crippen LogP contribution in [0.3, 0.4) is 0 Å². The molecule has 2 aromatic rings. The average molecular weight is 242 g/mol. The van der Waals surface area contributed by atoms with Gasteiger partial charge in [0, 0.05) is 5.41 Å². The summed E-state index contributed by atoms with van der Waals surface area (Å²) in [5, 5.41) is 0. The monoisotopic (exact) mass is 242 g/mol. The van der Waals surface area contributed by atoms with E-state index in [-0.39, 0.29) is 5.41 Å². The highest BCUT2D eigenvalue weighted by atomic mass is 31.0. The van der Waals surface area contributed by atoms with Crippen molar-refractivity contribution in [2.45, 2.75) is 24.9 Å². The van der Waals surface area contributed by atoms with Gasteiger partial charge in [-0.05, 0) is 16.8 Å². The zero-order chi connectivity index (χ0) is 12.3. The van der Waals surface area contributed by atoms with E-state index in [1.54, 1.807) is 0 Å². The molecule has 0 aliphatic rings. The van der Waals surface area contributed by atoms with Crippen LogP contribution in [0.1, 0.15) is 25.0 Å². The predicted molar refractivity (Wildman–Crippen MR) is 78.5 cm³/mol.